The van der Waals surface area contributed by atoms with Gasteiger partial charge in [-0.2, -0.15) is 0 Å². The molecule has 2 N–H and O–H groups in total. The Hall–Kier alpha value is -1.84. The zero-order valence-corrected chi connectivity index (χ0v) is 18.9. The van der Waals surface area contributed by atoms with Crippen molar-refractivity contribution in [1.82, 2.24) is 10.0 Å². The van der Waals surface area contributed by atoms with Crippen LogP contribution in [0.2, 0.25) is 5.02 Å². The minimum Gasteiger partial charge on any atom is -0.548 e. The molecule has 1 atom stereocenters. The van der Waals surface area contributed by atoms with Gasteiger partial charge in [0.2, 0.25) is 10.0 Å². The molecule has 0 aromatic heterocycles. The minimum absolute atomic E-state index is 0.0835. The third-order valence-electron chi connectivity index (χ3n) is 5.05. The average molecular weight is 460 g/mol. The first-order chi connectivity index (χ1) is 14.0. The van der Waals surface area contributed by atoms with Crippen LogP contribution in [0.25, 0.3) is 0 Å². The van der Waals surface area contributed by atoms with Crippen molar-refractivity contribution in [2.24, 2.45) is 5.92 Å². The van der Waals surface area contributed by atoms with E-state index < -0.39 is 28.0 Å². The van der Waals surface area contributed by atoms with Gasteiger partial charge in [0.1, 0.15) is 10.6 Å². The molecular weight excluding hydrogens is 432 g/mol. The van der Waals surface area contributed by atoms with E-state index in [0.29, 0.717) is 5.56 Å². The highest BCUT2D eigenvalue weighted by Gasteiger charge is 2.26. The highest BCUT2D eigenvalue weighted by atomic mass is 35.5. The van der Waals surface area contributed by atoms with Gasteiger partial charge in [0.05, 0.1) is 17.0 Å². The van der Waals surface area contributed by atoms with E-state index in [1.807, 2.05) is 0 Å². The molecule has 0 heterocycles. The molecule has 0 spiro atoms. The summed E-state index contributed by atoms with van der Waals surface area (Å²) in [5, 5.41) is 14.1. The Bertz CT molecular complexity index is 882. The number of carboxylic acid groups (broad SMARTS) is 1. The first kappa shape index (κ1) is 24.4. The van der Waals surface area contributed by atoms with Crippen LogP contribution in [0.5, 0.6) is 5.75 Å². The summed E-state index contributed by atoms with van der Waals surface area (Å²) in [6, 6.07) is 1.31. The number of sulfonamides is 1. The third-order valence-corrected chi connectivity index (χ3v) is 6.96. The second kappa shape index (κ2) is 10.5. The first-order valence-electron chi connectivity index (χ1n) is 9.96. The Morgan fingerprint density at radius 1 is 1.23 bits per heavy atom. The molecule has 0 aliphatic heterocycles. The normalized spacial score (nSPS) is 16.3. The minimum atomic E-state index is -4.26. The third kappa shape index (κ3) is 6.58. The lowest BCUT2D eigenvalue weighted by Crippen LogP contribution is -2.50. The zero-order valence-electron chi connectivity index (χ0n) is 17.4. The number of aryl methyl sites for hydroxylation is 1. The van der Waals surface area contributed by atoms with Gasteiger partial charge in [0, 0.05) is 12.1 Å². The number of benzene rings is 1. The maximum Gasteiger partial charge on any atom is 0.258 e. The molecule has 8 nitrogen and oxygen atoms in total. The fraction of sp³-hybridized carbons (Fsp3) is 0.600. The standard InChI is InChI=1S/C20H29ClN2O6S/c1-12(2)19(20(25)26)23-30(27,28)17-10-16(13(3)9-15(17)21)29-11-18(24)22-14-7-5-4-6-8-14/h9-10,12,14,19,23H,4-8,11H2,1-3H3,(H,22,24)(H,25,26)/p-1/t19-/m0/s1. The number of aliphatic carboxylic acids is 1. The second-order valence-electron chi connectivity index (χ2n) is 7.90. The molecular formula is C20H28ClN2O6S-. The van der Waals surface area contributed by atoms with E-state index in [1.54, 1.807) is 20.8 Å². The summed E-state index contributed by atoms with van der Waals surface area (Å²) in [5.41, 5.74) is 0.546. The predicted molar refractivity (Wildman–Crippen MR) is 111 cm³/mol. The van der Waals surface area contributed by atoms with Crippen molar-refractivity contribution in [3.63, 3.8) is 0 Å². The summed E-state index contributed by atoms with van der Waals surface area (Å²) in [6.07, 6.45) is 5.22. The first-order valence-corrected chi connectivity index (χ1v) is 11.8. The quantitative estimate of drug-likeness (QED) is 0.577. The number of carboxylic acids is 1. The summed E-state index contributed by atoms with van der Waals surface area (Å²) in [6.45, 7) is 4.51. The number of hydrogen-bond acceptors (Lipinski definition) is 6. The molecule has 1 fully saturated rings. The number of rotatable bonds is 9. The molecule has 168 valence electrons. The van der Waals surface area contributed by atoms with E-state index in [-0.39, 0.29) is 34.2 Å². The van der Waals surface area contributed by atoms with Gasteiger partial charge in [0.15, 0.2) is 6.61 Å². The van der Waals surface area contributed by atoms with Gasteiger partial charge in [-0.1, -0.05) is 44.7 Å². The molecule has 0 saturated heterocycles. The van der Waals surface area contributed by atoms with Gasteiger partial charge in [-0.25, -0.2) is 13.1 Å². The van der Waals surface area contributed by atoms with Gasteiger partial charge in [0.25, 0.3) is 5.91 Å². The van der Waals surface area contributed by atoms with Crippen LogP contribution in [-0.4, -0.2) is 39.0 Å². The summed E-state index contributed by atoms with van der Waals surface area (Å²) in [5.74, 6) is -2.18. The van der Waals surface area contributed by atoms with E-state index in [2.05, 4.69) is 10.0 Å². The molecule has 1 amide bonds. The van der Waals surface area contributed by atoms with E-state index in [0.717, 1.165) is 25.7 Å². The van der Waals surface area contributed by atoms with Crippen LogP contribution < -0.4 is 19.9 Å². The fourth-order valence-electron chi connectivity index (χ4n) is 3.34. The molecule has 1 aliphatic rings. The summed E-state index contributed by atoms with van der Waals surface area (Å²) >= 11 is 6.10. The topological polar surface area (TPSA) is 125 Å². The number of carbonyl (C=O) groups excluding carboxylic acids is 2. The van der Waals surface area contributed by atoms with E-state index >= 15 is 0 Å². The smallest absolute Gasteiger partial charge is 0.258 e. The Balaban J connectivity index is 2.14. The lowest BCUT2D eigenvalue weighted by atomic mass is 9.95. The Kier molecular flexibility index (Phi) is 8.52. The summed E-state index contributed by atoms with van der Waals surface area (Å²) in [4.78, 5) is 23.1. The lowest BCUT2D eigenvalue weighted by molar-refractivity contribution is -0.309. The van der Waals surface area contributed by atoms with Crippen LogP contribution in [0, 0.1) is 12.8 Å². The Labute approximate surface area is 182 Å². The SMILES string of the molecule is Cc1cc(Cl)c(S(=O)(=O)N[C@H](C(=O)[O-])C(C)C)cc1OCC(=O)NC1CCCCC1. The second-order valence-corrected chi connectivity index (χ2v) is 9.99. The van der Waals surface area contributed by atoms with Crippen molar-refractivity contribution in [3.8, 4) is 5.75 Å². The molecule has 30 heavy (non-hydrogen) atoms. The Morgan fingerprint density at radius 3 is 2.43 bits per heavy atom. The maximum atomic E-state index is 12.7. The van der Waals surface area contributed by atoms with Gasteiger partial charge < -0.3 is 20.0 Å². The number of ether oxygens (including phenoxy) is 1. The largest absolute Gasteiger partial charge is 0.548 e. The van der Waals surface area contributed by atoms with Gasteiger partial charge >= 0.3 is 0 Å². The highest BCUT2D eigenvalue weighted by Crippen LogP contribution is 2.30. The van der Waals surface area contributed by atoms with Crippen molar-refractivity contribution < 1.29 is 27.9 Å². The highest BCUT2D eigenvalue weighted by molar-refractivity contribution is 7.89. The molecule has 1 aliphatic carbocycles. The van der Waals surface area contributed by atoms with Gasteiger partial charge in [-0.3, -0.25) is 4.79 Å². The van der Waals surface area contributed by atoms with Crippen LogP contribution in [0.15, 0.2) is 17.0 Å². The van der Waals surface area contributed by atoms with Crippen LogP contribution in [0.4, 0.5) is 0 Å². The maximum absolute atomic E-state index is 12.7. The number of carbonyl (C=O) groups is 2. The van der Waals surface area contributed by atoms with Crippen molar-refractivity contribution >= 4 is 33.5 Å². The fourth-order valence-corrected chi connectivity index (χ4v) is 5.27. The molecule has 1 aromatic rings. The molecule has 1 aromatic carbocycles. The molecule has 10 heteroatoms. The summed E-state index contributed by atoms with van der Waals surface area (Å²) in [7, 11) is -4.26. The van der Waals surface area contributed by atoms with Crippen molar-refractivity contribution in [1.29, 1.82) is 0 Å². The van der Waals surface area contributed by atoms with E-state index in [9.17, 15) is 23.1 Å². The van der Waals surface area contributed by atoms with Crippen molar-refractivity contribution in [2.45, 2.75) is 69.9 Å². The van der Waals surface area contributed by atoms with Crippen molar-refractivity contribution in [2.75, 3.05) is 6.61 Å². The molecule has 2 rings (SSSR count). The lowest BCUT2D eigenvalue weighted by Gasteiger charge is -2.24. The van der Waals surface area contributed by atoms with Crippen LogP contribution in [-0.2, 0) is 19.6 Å². The van der Waals surface area contributed by atoms with Crippen LogP contribution in [0.1, 0.15) is 51.5 Å². The molecule has 0 unspecified atom stereocenters. The van der Waals surface area contributed by atoms with E-state index in [1.165, 1.54) is 18.6 Å². The van der Waals surface area contributed by atoms with Gasteiger partial charge in [-0.15, -0.1) is 0 Å². The Morgan fingerprint density at radius 2 is 1.87 bits per heavy atom. The number of amides is 1. The van der Waals surface area contributed by atoms with Crippen LogP contribution >= 0.6 is 11.6 Å². The van der Waals surface area contributed by atoms with E-state index in [4.69, 9.17) is 16.3 Å². The van der Waals surface area contributed by atoms with Crippen molar-refractivity contribution in [3.05, 3.63) is 22.7 Å². The van der Waals surface area contributed by atoms with Gasteiger partial charge in [-0.05, 0) is 37.3 Å². The monoisotopic (exact) mass is 459 g/mol. The number of nitrogens with one attached hydrogen (secondary N) is 2. The predicted octanol–water partition coefficient (Wildman–Crippen LogP) is 1.53. The molecule has 0 bridgehead atoms. The zero-order chi connectivity index (χ0) is 22.5. The van der Waals surface area contributed by atoms with Crippen LogP contribution in [0.3, 0.4) is 0 Å². The summed E-state index contributed by atoms with van der Waals surface area (Å²) < 4.78 is 33.1. The molecule has 0 radical (unpaired) electrons. The number of hydrogen-bond donors (Lipinski definition) is 2. The average Bonchev–Trinajstić information content (AvgIpc) is 2.65. The molecule has 1 saturated carbocycles. The number of halogens is 1.